The van der Waals surface area contributed by atoms with E-state index in [9.17, 15) is 13.2 Å². The fourth-order valence-electron chi connectivity index (χ4n) is 1.94. The van der Waals surface area contributed by atoms with Gasteiger partial charge >= 0.3 is 6.18 Å². The molecular formula is C10H18F3N. The van der Waals surface area contributed by atoms with Crippen LogP contribution in [0.2, 0.25) is 0 Å². The Morgan fingerprint density at radius 3 is 2.29 bits per heavy atom. The molecule has 2 atom stereocenters. The number of nitrogens with one attached hydrogen (secondary N) is 1. The summed E-state index contributed by atoms with van der Waals surface area (Å²) < 4.78 is 36.0. The molecule has 1 rings (SSSR count). The number of hydrogen-bond acceptors (Lipinski definition) is 1. The third kappa shape index (κ3) is 3.86. The van der Waals surface area contributed by atoms with E-state index in [0.717, 1.165) is 0 Å². The lowest BCUT2D eigenvalue weighted by atomic mass is 9.93. The smallest absolute Gasteiger partial charge is 0.317 e. The Labute approximate surface area is 83.1 Å². The van der Waals surface area contributed by atoms with E-state index in [1.165, 1.54) is 12.8 Å². The Kier molecular flexibility index (Phi) is 3.81. The molecule has 84 valence electrons. The lowest BCUT2D eigenvalue weighted by molar-refractivity contribution is -0.137. The third-order valence-electron chi connectivity index (χ3n) is 3.11. The highest BCUT2D eigenvalue weighted by molar-refractivity contribution is 4.86. The number of rotatable bonds is 5. The number of hydrogen-bond donors (Lipinski definition) is 1. The minimum Gasteiger partial charge on any atom is -0.317 e. The predicted molar refractivity (Wildman–Crippen MR) is 50.0 cm³/mol. The summed E-state index contributed by atoms with van der Waals surface area (Å²) in [6.45, 7) is 2.05. The summed E-state index contributed by atoms with van der Waals surface area (Å²) in [5.41, 5.74) is 0. The predicted octanol–water partition coefficient (Wildman–Crippen LogP) is 2.96. The van der Waals surface area contributed by atoms with Crippen LogP contribution < -0.4 is 5.32 Å². The second kappa shape index (κ2) is 4.51. The first-order valence-electron chi connectivity index (χ1n) is 5.18. The highest BCUT2D eigenvalue weighted by Crippen LogP contribution is 2.39. The van der Waals surface area contributed by atoms with E-state index >= 15 is 0 Å². The molecule has 0 spiro atoms. The minimum absolute atomic E-state index is 0.0177. The molecule has 0 aromatic rings. The van der Waals surface area contributed by atoms with Crippen LogP contribution in [0.15, 0.2) is 0 Å². The largest absolute Gasteiger partial charge is 0.389 e. The molecule has 0 amide bonds. The maximum atomic E-state index is 12.0. The molecule has 1 saturated carbocycles. The van der Waals surface area contributed by atoms with Gasteiger partial charge in [0.25, 0.3) is 0 Å². The van der Waals surface area contributed by atoms with Crippen LogP contribution in [0, 0.1) is 11.8 Å². The fourth-order valence-corrected chi connectivity index (χ4v) is 1.94. The Morgan fingerprint density at radius 2 is 1.93 bits per heavy atom. The van der Waals surface area contributed by atoms with Gasteiger partial charge in [0.05, 0.1) is 0 Å². The summed E-state index contributed by atoms with van der Waals surface area (Å²) >= 11 is 0. The maximum absolute atomic E-state index is 12.0. The highest BCUT2D eigenvalue weighted by atomic mass is 19.4. The third-order valence-corrected chi connectivity index (χ3v) is 3.11. The van der Waals surface area contributed by atoms with E-state index in [-0.39, 0.29) is 12.5 Å². The minimum atomic E-state index is -4.02. The maximum Gasteiger partial charge on any atom is 0.389 e. The fraction of sp³-hybridized carbons (Fsp3) is 1.00. The zero-order valence-electron chi connectivity index (χ0n) is 8.69. The summed E-state index contributed by atoms with van der Waals surface area (Å²) in [5.74, 6) is 1.03. The van der Waals surface area contributed by atoms with Gasteiger partial charge in [0, 0.05) is 12.5 Å². The zero-order valence-corrected chi connectivity index (χ0v) is 8.69. The lowest BCUT2D eigenvalue weighted by Gasteiger charge is -2.23. The number of halogens is 3. The van der Waals surface area contributed by atoms with Gasteiger partial charge in [-0.15, -0.1) is 0 Å². The molecule has 1 nitrogen and oxygen atoms in total. The van der Waals surface area contributed by atoms with Crippen molar-refractivity contribution in [2.75, 3.05) is 7.05 Å². The summed E-state index contributed by atoms with van der Waals surface area (Å²) in [6, 6.07) is 0.0177. The van der Waals surface area contributed by atoms with Crippen molar-refractivity contribution >= 4 is 0 Å². The van der Waals surface area contributed by atoms with E-state index in [2.05, 4.69) is 12.2 Å². The second-order valence-corrected chi connectivity index (χ2v) is 4.25. The monoisotopic (exact) mass is 209 g/mol. The van der Waals surface area contributed by atoms with Crippen molar-refractivity contribution in [3.63, 3.8) is 0 Å². The summed E-state index contributed by atoms with van der Waals surface area (Å²) in [5, 5.41) is 3.00. The van der Waals surface area contributed by atoms with Crippen LogP contribution in [-0.2, 0) is 0 Å². The first-order chi connectivity index (χ1) is 6.44. The molecule has 0 aliphatic heterocycles. The molecule has 1 fully saturated rings. The molecule has 0 aromatic carbocycles. The van der Waals surface area contributed by atoms with Crippen LogP contribution in [0.4, 0.5) is 13.2 Å². The molecule has 14 heavy (non-hydrogen) atoms. The number of alkyl halides is 3. The molecular weight excluding hydrogens is 191 g/mol. The van der Waals surface area contributed by atoms with Gasteiger partial charge in [0.15, 0.2) is 0 Å². The molecule has 0 heterocycles. The van der Waals surface area contributed by atoms with Crippen LogP contribution in [-0.4, -0.2) is 19.3 Å². The van der Waals surface area contributed by atoms with Gasteiger partial charge in [-0.2, -0.15) is 13.2 Å². The molecule has 0 radical (unpaired) electrons. The highest BCUT2D eigenvalue weighted by Gasteiger charge is 2.35. The summed E-state index contributed by atoms with van der Waals surface area (Å²) in [6.07, 6.45) is -2.11. The Balaban J connectivity index is 2.30. The van der Waals surface area contributed by atoms with Crippen LogP contribution in [0.1, 0.15) is 32.6 Å². The van der Waals surface area contributed by atoms with E-state index in [0.29, 0.717) is 11.8 Å². The zero-order chi connectivity index (χ0) is 10.8. The lowest BCUT2D eigenvalue weighted by Crippen LogP contribution is -2.34. The van der Waals surface area contributed by atoms with E-state index in [1.807, 2.05) is 0 Å². The van der Waals surface area contributed by atoms with E-state index in [4.69, 9.17) is 0 Å². The van der Waals surface area contributed by atoms with Gasteiger partial charge in [-0.25, -0.2) is 0 Å². The molecule has 1 N–H and O–H groups in total. The second-order valence-electron chi connectivity index (χ2n) is 4.25. The summed E-state index contributed by atoms with van der Waals surface area (Å²) in [4.78, 5) is 0. The molecule has 1 aliphatic rings. The Morgan fingerprint density at radius 1 is 1.36 bits per heavy atom. The van der Waals surface area contributed by atoms with Crippen molar-refractivity contribution < 1.29 is 13.2 Å². The van der Waals surface area contributed by atoms with Gasteiger partial charge in [0.1, 0.15) is 0 Å². The van der Waals surface area contributed by atoms with Gasteiger partial charge < -0.3 is 5.32 Å². The van der Waals surface area contributed by atoms with Crippen LogP contribution in [0.25, 0.3) is 0 Å². The van der Waals surface area contributed by atoms with Gasteiger partial charge in [-0.05, 0) is 38.1 Å². The van der Waals surface area contributed by atoms with E-state index in [1.54, 1.807) is 7.05 Å². The first-order valence-corrected chi connectivity index (χ1v) is 5.18. The SMILES string of the molecule is CNC(CCC(F)(F)F)C(C)C1CC1. The van der Waals surface area contributed by atoms with Gasteiger partial charge in [-0.1, -0.05) is 6.92 Å². The van der Waals surface area contributed by atoms with Gasteiger partial charge in [0.2, 0.25) is 0 Å². The van der Waals surface area contributed by atoms with Crippen LogP contribution >= 0.6 is 0 Å². The Bertz CT molecular complexity index is 175. The standard InChI is InChI=1S/C10H18F3N/c1-7(8-3-4-8)9(14-2)5-6-10(11,12)13/h7-9,14H,3-6H2,1-2H3. The van der Waals surface area contributed by atoms with Crippen LogP contribution in [0.3, 0.4) is 0 Å². The normalized spacial score (nSPS) is 22.1. The topological polar surface area (TPSA) is 12.0 Å². The quantitative estimate of drug-likeness (QED) is 0.734. The molecule has 0 bridgehead atoms. The first kappa shape index (κ1) is 11.8. The molecule has 0 saturated heterocycles. The Hall–Kier alpha value is -0.250. The molecule has 1 aliphatic carbocycles. The average molecular weight is 209 g/mol. The van der Waals surface area contributed by atoms with Crippen molar-refractivity contribution in [2.45, 2.75) is 44.8 Å². The molecule has 4 heteroatoms. The van der Waals surface area contributed by atoms with Crippen molar-refractivity contribution in [1.29, 1.82) is 0 Å². The molecule has 2 unspecified atom stereocenters. The van der Waals surface area contributed by atoms with E-state index < -0.39 is 12.6 Å². The van der Waals surface area contributed by atoms with Crippen molar-refractivity contribution in [2.24, 2.45) is 11.8 Å². The van der Waals surface area contributed by atoms with Crippen molar-refractivity contribution in [3.05, 3.63) is 0 Å². The van der Waals surface area contributed by atoms with Crippen molar-refractivity contribution in [3.8, 4) is 0 Å². The molecule has 0 aromatic heterocycles. The van der Waals surface area contributed by atoms with Crippen molar-refractivity contribution in [1.82, 2.24) is 5.32 Å². The van der Waals surface area contributed by atoms with Crippen LogP contribution in [0.5, 0.6) is 0 Å². The van der Waals surface area contributed by atoms with Gasteiger partial charge in [-0.3, -0.25) is 0 Å². The average Bonchev–Trinajstić information content (AvgIpc) is 2.85. The summed E-state index contributed by atoms with van der Waals surface area (Å²) in [7, 11) is 1.75.